The first-order chi connectivity index (χ1) is 10.9. The standard InChI is InChI=1S/C15H17ClN4O3/c1-19(2)8-7-17-9-10-13(21)18-15(23)20(14(10)22)12-6-4-3-5-11(12)16/h3-6,9-10H,7-8H2,1-2H3,(H,18,21,23)/p+1. The summed E-state index contributed by atoms with van der Waals surface area (Å²) in [6.07, 6.45) is 1.29. The van der Waals surface area contributed by atoms with Crippen molar-refractivity contribution in [2.75, 3.05) is 32.1 Å². The van der Waals surface area contributed by atoms with Crippen molar-refractivity contribution in [2.45, 2.75) is 0 Å². The topological polar surface area (TPSA) is 83.3 Å². The average Bonchev–Trinajstić information content (AvgIpc) is 2.47. The number of halogens is 1. The van der Waals surface area contributed by atoms with Crippen molar-refractivity contribution in [2.24, 2.45) is 10.9 Å². The molecule has 1 fully saturated rings. The van der Waals surface area contributed by atoms with Gasteiger partial charge in [0.2, 0.25) is 5.91 Å². The van der Waals surface area contributed by atoms with Crippen molar-refractivity contribution in [1.29, 1.82) is 0 Å². The van der Waals surface area contributed by atoms with Gasteiger partial charge in [-0.2, -0.15) is 0 Å². The zero-order chi connectivity index (χ0) is 17.0. The molecule has 0 radical (unpaired) electrons. The first kappa shape index (κ1) is 17.1. The molecule has 4 amide bonds. The van der Waals surface area contributed by atoms with E-state index >= 15 is 0 Å². The van der Waals surface area contributed by atoms with Crippen LogP contribution in [-0.2, 0) is 9.59 Å². The number of carbonyl (C=O) groups is 3. The summed E-state index contributed by atoms with van der Waals surface area (Å²) in [7, 11) is 3.96. The normalized spacial score (nSPS) is 18.9. The maximum atomic E-state index is 12.5. The van der Waals surface area contributed by atoms with E-state index in [1.165, 1.54) is 11.1 Å². The molecule has 1 unspecified atom stereocenters. The molecule has 1 aliphatic rings. The SMILES string of the molecule is C[NH+](C)CCN=CC1C(=O)NC(=O)N(c2ccccc2Cl)C1=O. The summed E-state index contributed by atoms with van der Waals surface area (Å²) >= 11 is 6.04. The summed E-state index contributed by atoms with van der Waals surface area (Å²) in [4.78, 5) is 42.6. The van der Waals surface area contributed by atoms with Crippen LogP contribution in [0, 0.1) is 5.92 Å². The molecule has 1 aromatic carbocycles. The number of barbiturate groups is 1. The minimum absolute atomic E-state index is 0.236. The molecule has 23 heavy (non-hydrogen) atoms. The molecule has 0 aromatic heterocycles. The second-order valence-electron chi connectivity index (χ2n) is 5.41. The molecule has 1 aromatic rings. The van der Waals surface area contributed by atoms with Crippen LogP contribution in [0.25, 0.3) is 0 Å². The van der Waals surface area contributed by atoms with Crippen LogP contribution in [-0.4, -0.2) is 51.2 Å². The highest BCUT2D eigenvalue weighted by Crippen LogP contribution is 2.27. The van der Waals surface area contributed by atoms with Gasteiger partial charge in [-0.1, -0.05) is 23.7 Å². The number of benzene rings is 1. The molecular weight excluding hydrogens is 320 g/mol. The molecule has 7 nitrogen and oxygen atoms in total. The maximum Gasteiger partial charge on any atom is 0.335 e. The summed E-state index contributed by atoms with van der Waals surface area (Å²) in [6.45, 7) is 1.26. The molecule has 2 N–H and O–H groups in total. The summed E-state index contributed by atoms with van der Waals surface area (Å²) in [5, 5.41) is 2.40. The summed E-state index contributed by atoms with van der Waals surface area (Å²) in [5.74, 6) is -2.47. The second-order valence-corrected chi connectivity index (χ2v) is 5.82. The quantitative estimate of drug-likeness (QED) is 0.574. The van der Waals surface area contributed by atoms with E-state index in [-0.39, 0.29) is 10.7 Å². The summed E-state index contributed by atoms with van der Waals surface area (Å²) in [6, 6.07) is 5.64. The lowest BCUT2D eigenvalue weighted by atomic mass is 10.1. The molecule has 1 saturated heterocycles. The monoisotopic (exact) mass is 337 g/mol. The molecule has 0 saturated carbocycles. The Kier molecular flexibility index (Phi) is 5.46. The van der Waals surface area contributed by atoms with E-state index in [1.807, 2.05) is 14.1 Å². The number of para-hydroxylation sites is 1. The fraction of sp³-hybridized carbons (Fsp3) is 0.333. The number of nitrogens with one attached hydrogen (secondary N) is 2. The Balaban J connectivity index is 2.22. The van der Waals surface area contributed by atoms with Gasteiger partial charge in [0.1, 0.15) is 0 Å². The Hall–Kier alpha value is -2.25. The molecule has 1 heterocycles. The Morgan fingerprint density at radius 2 is 2.00 bits per heavy atom. The highest BCUT2D eigenvalue weighted by atomic mass is 35.5. The van der Waals surface area contributed by atoms with E-state index in [0.717, 1.165) is 11.4 Å². The number of aliphatic imine (C=N–C) groups is 1. The highest BCUT2D eigenvalue weighted by Gasteiger charge is 2.41. The van der Waals surface area contributed by atoms with Crippen LogP contribution in [0.4, 0.5) is 10.5 Å². The number of imide groups is 2. The number of quaternary nitrogens is 1. The van der Waals surface area contributed by atoms with Gasteiger partial charge in [-0.3, -0.25) is 19.9 Å². The lowest BCUT2D eigenvalue weighted by molar-refractivity contribution is -0.856. The number of nitrogens with zero attached hydrogens (tertiary/aromatic N) is 2. The molecular formula is C15H18ClN4O3+. The van der Waals surface area contributed by atoms with E-state index in [2.05, 4.69) is 10.3 Å². The molecule has 8 heteroatoms. The number of hydrogen-bond donors (Lipinski definition) is 2. The Bertz CT molecular complexity index is 660. The number of anilines is 1. The summed E-state index contributed by atoms with van der Waals surface area (Å²) < 4.78 is 0. The predicted molar refractivity (Wildman–Crippen MR) is 87.0 cm³/mol. The third-order valence-electron chi connectivity index (χ3n) is 3.29. The van der Waals surface area contributed by atoms with Gasteiger partial charge >= 0.3 is 6.03 Å². The fourth-order valence-electron chi connectivity index (χ4n) is 2.05. The van der Waals surface area contributed by atoms with Crippen molar-refractivity contribution in [3.05, 3.63) is 29.3 Å². The summed E-state index contributed by atoms with van der Waals surface area (Å²) in [5.41, 5.74) is 0.236. The van der Waals surface area contributed by atoms with Crippen LogP contribution in [0.2, 0.25) is 5.02 Å². The smallest absolute Gasteiger partial charge is 0.335 e. The first-order valence-corrected chi connectivity index (χ1v) is 7.52. The van der Waals surface area contributed by atoms with Crippen LogP contribution in [0.1, 0.15) is 0 Å². The number of amides is 4. The molecule has 122 valence electrons. The number of hydrogen-bond acceptors (Lipinski definition) is 4. The lowest BCUT2D eigenvalue weighted by Gasteiger charge is -2.29. The highest BCUT2D eigenvalue weighted by molar-refractivity contribution is 6.38. The van der Waals surface area contributed by atoms with Crippen molar-refractivity contribution in [1.82, 2.24) is 5.32 Å². The largest absolute Gasteiger partial charge is 0.338 e. The van der Waals surface area contributed by atoms with E-state index in [1.54, 1.807) is 24.3 Å². The number of urea groups is 1. The van der Waals surface area contributed by atoms with E-state index in [4.69, 9.17) is 11.6 Å². The van der Waals surface area contributed by atoms with Gasteiger partial charge in [-0.15, -0.1) is 0 Å². The number of carbonyl (C=O) groups excluding carboxylic acids is 3. The fourth-order valence-corrected chi connectivity index (χ4v) is 2.27. The molecule has 0 spiro atoms. The number of likely N-dealkylation sites (N-methyl/N-ethyl adjacent to an activating group) is 1. The van der Waals surface area contributed by atoms with Crippen LogP contribution in [0.15, 0.2) is 29.3 Å². The Morgan fingerprint density at radius 1 is 1.30 bits per heavy atom. The van der Waals surface area contributed by atoms with Crippen LogP contribution in [0.3, 0.4) is 0 Å². The maximum absolute atomic E-state index is 12.5. The van der Waals surface area contributed by atoms with Crippen molar-refractivity contribution >= 4 is 41.3 Å². The van der Waals surface area contributed by atoms with Gasteiger partial charge in [0.05, 0.1) is 37.9 Å². The van der Waals surface area contributed by atoms with E-state index < -0.39 is 23.8 Å². The van der Waals surface area contributed by atoms with Gasteiger partial charge in [0, 0.05) is 6.21 Å². The van der Waals surface area contributed by atoms with Crippen LogP contribution >= 0.6 is 11.6 Å². The third kappa shape index (κ3) is 3.94. The van der Waals surface area contributed by atoms with Crippen LogP contribution in [0.5, 0.6) is 0 Å². The Morgan fingerprint density at radius 3 is 2.65 bits per heavy atom. The van der Waals surface area contributed by atoms with Gasteiger partial charge in [0.25, 0.3) is 5.91 Å². The minimum atomic E-state index is -1.14. The van der Waals surface area contributed by atoms with Crippen molar-refractivity contribution in [3.8, 4) is 0 Å². The second kappa shape index (κ2) is 7.34. The van der Waals surface area contributed by atoms with Crippen molar-refractivity contribution in [3.63, 3.8) is 0 Å². The van der Waals surface area contributed by atoms with E-state index in [9.17, 15) is 14.4 Å². The molecule has 0 bridgehead atoms. The molecule has 1 atom stereocenters. The van der Waals surface area contributed by atoms with Gasteiger partial charge in [-0.25, -0.2) is 9.69 Å². The first-order valence-electron chi connectivity index (χ1n) is 7.14. The third-order valence-corrected chi connectivity index (χ3v) is 3.61. The van der Waals surface area contributed by atoms with Gasteiger partial charge in [0.15, 0.2) is 5.92 Å². The molecule has 0 aliphatic carbocycles. The Labute approximate surface area is 138 Å². The van der Waals surface area contributed by atoms with Gasteiger partial charge < -0.3 is 4.90 Å². The zero-order valence-electron chi connectivity index (χ0n) is 12.9. The zero-order valence-corrected chi connectivity index (χ0v) is 13.6. The minimum Gasteiger partial charge on any atom is -0.338 e. The number of rotatable bonds is 5. The lowest BCUT2D eigenvalue weighted by Crippen LogP contribution is -3.06. The van der Waals surface area contributed by atoms with Crippen molar-refractivity contribution < 1.29 is 19.3 Å². The average molecular weight is 338 g/mol. The van der Waals surface area contributed by atoms with Gasteiger partial charge in [-0.05, 0) is 12.1 Å². The predicted octanol–water partition coefficient (Wildman–Crippen LogP) is -0.246. The molecule has 2 rings (SSSR count). The van der Waals surface area contributed by atoms with E-state index in [0.29, 0.717) is 6.54 Å². The van der Waals surface area contributed by atoms with Crippen LogP contribution < -0.4 is 15.1 Å². The molecule has 1 aliphatic heterocycles.